The summed E-state index contributed by atoms with van der Waals surface area (Å²) in [4.78, 5) is 0. The van der Waals surface area contributed by atoms with Crippen LogP contribution in [0.2, 0.25) is 0 Å². The van der Waals surface area contributed by atoms with E-state index in [1.807, 2.05) is 7.11 Å². The van der Waals surface area contributed by atoms with E-state index in [0.717, 1.165) is 39.1 Å². The predicted octanol–water partition coefficient (Wildman–Crippen LogP) is 5.13. The highest BCUT2D eigenvalue weighted by atomic mass is 16.6. The lowest BCUT2D eigenvalue weighted by Crippen LogP contribution is -2.53. The van der Waals surface area contributed by atoms with Crippen molar-refractivity contribution in [3.05, 3.63) is 0 Å². The summed E-state index contributed by atoms with van der Waals surface area (Å²) in [6.45, 7) is 11.7. The van der Waals surface area contributed by atoms with Gasteiger partial charge < -0.3 is 18.9 Å². The zero-order valence-corrected chi connectivity index (χ0v) is 17.4. The Labute approximate surface area is 155 Å². The van der Waals surface area contributed by atoms with Crippen molar-refractivity contribution in [2.75, 3.05) is 33.5 Å². The van der Waals surface area contributed by atoms with Gasteiger partial charge in [-0.1, -0.05) is 45.4 Å². The molecule has 4 heteroatoms. The zero-order valence-electron chi connectivity index (χ0n) is 17.4. The number of unbranched alkanes of at least 4 members (excludes halogenated alkanes) is 5. The van der Waals surface area contributed by atoms with Crippen LogP contribution in [-0.2, 0) is 18.9 Å². The van der Waals surface area contributed by atoms with Crippen molar-refractivity contribution in [2.24, 2.45) is 0 Å². The minimum atomic E-state index is -0.292. The smallest absolute Gasteiger partial charge is 0.104 e. The molecule has 0 saturated carbocycles. The SMILES string of the molecule is CCCCCCCCC(CCCOCC1CO1)(OC)C(C)(C)OCC. The van der Waals surface area contributed by atoms with Gasteiger partial charge in [0.25, 0.3) is 0 Å². The maximum atomic E-state index is 6.12. The molecule has 1 saturated heterocycles. The summed E-state index contributed by atoms with van der Waals surface area (Å²) >= 11 is 0. The van der Waals surface area contributed by atoms with E-state index < -0.39 is 0 Å². The van der Waals surface area contributed by atoms with E-state index in [0.29, 0.717) is 12.7 Å². The van der Waals surface area contributed by atoms with Crippen LogP contribution in [0.25, 0.3) is 0 Å². The van der Waals surface area contributed by atoms with Gasteiger partial charge in [0, 0.05) is 20.3 Å². The molecule has 0 amide bonds. The maximum Gasteiger partial charge on any atom is 0.104 e. The summed E-state index contributed by atoms with van der Waals surface area (Å²) in [5.74, 6) is 0. The lowest BCUT2D eigenvalue weighted by atomic mass is 9.77. The minimum absolute atomic E-state index is 0.243. The van der Waals surface area contributed by atoms with Crippen molar-refractivity contribution in [2.45, 2.75) is 103 Å². The molecule has 1 rings (SSSR count). The Bertz CT molecular complexity index is 328. The Kier molecular flexibility index (Phi) is 11.2. The molecule has 0 aliphatic carbocycles. The number of ether oxygens (including phenoxy) is 4. The first-order chi connectivity index (χ1) is 12.0. The van der Waals surface area contributed by atoms with Gasteiger partial charge in [0.2, 0.25) is 0 Å². The van der Waals surface area contributed by atoms with Crippen molar-refractivity contribution in [3.8, 4) is 0 Å². The number of hydrogen-bond acceptors (Lipinski definition) is 4. The molecule has 2 unspecified atom stereocenters. The van der Waals surface area contributed by atoms with Gasteiger partial charge in [-0.25, -0.2) is 0 Å². The van der Waals surface area contributed by atoms with E-state index in [4.69, 9.17) is 18.9 Å². The Hall–Kier alpha value is -0.160. The highest BCUT2D eigenvalue weighted by Gasteiger charge is 2.45. The lowest BCUT2D eigenvalue weighted by Gasteiger charge is -2.46. The molecule has 0 bridgehead atoms. The summed E-state index contributed by atoms with van der Waals surface area (Å²) in [6.07, 6.45) is 11.2. The fourth-order valence-corrected chi connectivity index (χ4v) is 3.70. The number of hydrogen-bond donors (Lipinski definition) is 0. The van der Waals surface area contributed by atoms with Gasteiger partial charge in [-0.3, -0.25) is 0 Å². The van der Waals surface area contributed by atoms with E-state index in [-0.39, 0.29) is 11.2 Å². The van der Waals surface area contributed by atoms with Gasteiger partial charge in [-0.05, 0) is 40.0 Å². The van der Waals surface area contributed by atoms with Crippen LogP contribution in [0.15, 0.2) is 0 Å². The van der Waals surface area contributed by atoms with Crippen LogP contribution in [0, 0.1) is 0 Å². The molecule has 0 spiro atoms. The highest BCUT2D eigenvalue weighted by molar-refractivity contribution is 4.96. The molecule has 0 aromatic heterocycles. The standard InChI is InChI=1S/C21H42O4/c1-6-8-9-10-11-12-14-21(22-5,20(3,4)25-7-2)15-13-16-23-17-19-18-24-19/h19H,6-18H2,1-5H3. The van der Waals surface area contributed by atoms with Crippen molar-refractivity contribution in [1.29, 1.82) is 0 Å². The molecule has 1 fully saturated rings. The molecule has 2 atom stereocenters. The molecule has 150 valence electrons. The molecule has 0 N–H and O–H groups in total. The molecule has 1 aliphatic rings. The van der Waals surface area contributed by atoms with E-state index in [1.165, 1.54) is 38.5 Å². The largest absolute Gasteiger partial charge is 0.379 e. The number of epoxide rings is 1. The van der Waals surface area contributed by atoms with Crippen LogP contribution in [0.5, 0.6) is 0 Å². The maximum absolute atomic E-state index is 6.12. The average Bonchev–Trinajstić information content (AvgIpc) is 3.40. The second-order valence-corrected chi connectivity index (χ2v) is 7.79. The molecule has 1 heterocycles. The third-order valence-corrected chi connectivity index (χ3v) is 5.50. The van der Waals surface area contributed by atoms with Crippen LogP contribution in [0.3, 0.4) is 0 Å². The topological polar surface area (TPSA) is 40.2 Å². The number of methoxy groups -OCH3 is 1. The summed E-state index contributed by atoms with van der Waals surface area (Å²) in [7, 11) is 1.84. The van der Waals surface area contributed by atoms with E-state index >= 15 is 0 Å². The first kappa shape index (κ1) is 22.9. The Morgan fingerprint density at radius 1 is 0.960 bits per heavy atom. The summed E-state index contributed by atoms with van der Waals surface area (Å²) in [6, 6.07) is 0. The molecule has 1 aliphatic heterocycles. The Morgan fingerprint density at radius 3 is 2.20 bits per heavy atom. The number of rotatable bonds is 17. The van der Waals surface area contributed by atoms with Crippen LogP contribution in [-0.4, -0.2) is 50.8 Å². The van der Waals surface area contributed by atoms with E-state index in [1.54, 1.807) is 0 Å². The lowest BCUT2D eigenvalue weighted by molar-refractivity contribution is -0.188. The van der Waals surface area contributed by atoms with Gasteiger partial charge >= 0.3 is 0 Å². The minimum Gasteiger partial charge on any atom is -0.379 e. The van der Waals surface area contributed by atoms with Crippen LogP contribution in [0.4, 0.5) is 0 Å². The van der Waals surface area contributed by atoms with E-state index in [2.05, 4.69) is 27.7 Å². The third-order valence-electron chi connectivity index (χ3n) is 5.50. The quantitative estimate of drug-likeness (QED) is 0.267. The predicted molar refractivity (Wildman–Crippen MR) is 103 cm³/mol. The average molecular weight is 359 g/mol. The molecule has 4 nitrogen and oxygen atoms in total. The fourth-order valence-electron chi connectivity index (χ4n) is 3.70. The van der Waals surface area contributed by atoms with Crippen molar-refractivity contribution in [3.63, 3.8) is 0 Å². The third kappa shape index (κ3) is 8.38. The highest BCUT2D eigenvalue weighted by Crippen LogP contribution is 2.38. The van der Waals surface area contributed by atoms with Gasteiger partial charge in [0.1, 0.15) is 6.10 Å². The zero-order chi connectivity index (χ0) is 18.6. The van der Waals surface area contributed by atoms with Crippen molar-refractivity contribution >= 4 is 0 Å². The Morgan fingerprint density at radius 2 is 1.60 bits per heavy atom. The molecule has 25 heavy (non-hydrogen) atoms. The summed E-state index contributed by atoms with van der Waals surface area (Å²) in [5, 5.41) is 0. The van der Waals surface area contributed by atoms with Crippen LogP contribution < -0.4 is 0 Å². The van der Waals surface area contributed by atoms with Crippen molar-refractivity contribution < 1.29 is 18.9 Å². The van der Waals surface area contributed by atoms with Gasteiger partial charge in [0.15, 0.2) is 0 Å². The summed E-state index contributed by atoms with van der Waals surface area (Å²) in [5.41, 5.74) is -0.535. The van der Waals surface area contributed by atoms with Gasteiger partial charge in [0.05, 0.1) is 24.4 Å². The molecular weight excluding hydrogens is 316 g/mol. The van der Waals surface area contributed by atoms with Gasteiger partial charge in [-0.15, -0.1) is 0 Å². The van der Waals surface area contributed by atoms with Gasteiger partial charge in [-0.2, -0.15) is 0 Å². The molecule has 0 radical (unpaired) electrons. The Balaban J connectivity index is 2.47. The normalized spacial score (nSPS) is 19.8. The first-order valence-electron chi connectivity index (χ1n) is 10.4. The van der Waals surface area contributed by atoms with Crippen molar-refractivity contribution in [1.82, 2.24) is 0 Å². The molecule has 0 aromatic rings. The summed E-state index contributed by atoms with van der Waals surface area (Å²) < 4.78 is 23.1. The molecule has 0 aromatic carbocycles. The fraction of sp³-hybridized carbons (Fsp3) is 1.00. The molecular formula is C21H42O4. The van der Waals surface area contributed by atoms with Crippen LogP contribution in [0.1, 0.15) is 85.5 Å². The first-order valence-corrected chi connectivity index (χ1v) is 10.4. The second kappa shape index (κ2) is 12.3. The van der Waals surface area contributed by atoms with Crippen LogP contribution >= 0.6 is 0 Å². The van der Waals surface area contributed by atoms with E-state index in [9.17, 15) is 0 Å². The monoisotopic (exact) mass is 358 g/mol. The second-order valence-electron chi connectivity index (χ2n) is 7.79.